The Balaban J connectivity index is 2.35. The first kappa shape index (κ1) is 13.2. The summed E-state index contributed by atoms with van der Waals surface area (Å²) >= 11 is 9.94. The Bertz CT molecular complexity index is 596. The van der Waals surface area contributed by atoms with Crippen LogP contribution in [0, 0.1) is 10.1 Å². The van der Waals surface area contributed by atoms with E-state index in [1.165, 1.54) is 0 Å². The molecule has 6 nitrogen and oxygen atoms in total. The second kappa shape index (κ2) is 5.59. The molecule has 0 saturated heterocycles. The number of hydrogen-bond acceptors (Lipinski definition) is 6. The van der Waals surface area contributed by atoms with Crippen LogP contribution in [-0.2, 0) is 0 Å². The summed E-state index contributed by atoms with van der Waals surface area (Å²) < 4.78 is 0.821. The molecule has 92 valence electrons. The lowest BCUT2D eigenvalue weighted by molar-refractivity contribution is -0.388. The molecule has 0 spiro atoms. The van der Waals surface area contributed by atoms with Gasteiger partial charge in [-0.3, -0.25) is 10.1 Å². The standard InChI is InChI=1S/C9H4BrClN4O2S/c10-5-1-2-7(12-3-5)18-8-6(15(16)17)4-13-9(11)14-8/h1-4H. The second-order valence-corrected chi connectivity index (χ2v) is 5.27. The van der Waals surface area contributed by atoms with Crippen molar-refractivity contribution >= 4 is 45.0 Å². The SMILES string of the molecule is O=[N+]([O-])c1cnc(Cl)nc1Sc1ccc(Br)cn1. The van der Waals surface area contributed by atoms with Crippen molar-refractivity contribution in [3.8, 4) is 0 Å². The summed E-state index contributed by atoms with van der Waals surface area (Å²) in [5.41, 5.74) is -0.200. The minimum atomic E-state index is -0.558. The van der Waals surface area contributed by atoms with Gasteiger partial charge in [0.2, 0.25) is 5.28 Å². The normalized spacial score (nSPS) is 10.3. The van der Waals surface area contributed by atoms with Crippen molar-refractivity contribution in [3.05, 3.63) is 44.4 Å². The number of pyridine rings is 1. The summed E-state index contributed by atoms with van der Waals surface area (Å²) in [6, 6.07) is 3.50. The maximum atomic E-state index is 10.8. The Labute approximate surface area is 119 Å². The van der Waals surface area contributed by atoms with Gasteiger partial charge in [0.05, 0.1) is 4.92 Å². The lowest BCUT2D eigenvalue weighted by atomic mass is 10.5. The van der Waals surface area contributed by atoms with Gasteiger partial charge in [0.1, 0.15) is 11.2 Å². The molecular weight excluding hydrogens is 344 g/mol. The summed E-state index contributed by atoms with van der Waals surface area (Å²) in [4.78, 5) is 21.8. The van der Waals surface area contributed by atoms with Crippen LogP contribution in [0.4, 0.5) is 5.69 Å². The highest BCUT2D eigenvalue weighted by Gasteiger charge is 2.18. The van der Waals surface area contributed by atoms with Gasteiger partial charge in [0.25, 0.3) is 0 Å². The largest absolute Gasteiger partial charge is 0.320 e. The first-order chi connectivity index (χ1) is 8.56. The van der Waals surface area contributed by atoms with Crippen molar-refractivity contribution < 1.29 is 4.92 Å². The molecule has 0 aliphatic heterocycles. The molecule has 0 amide bonds. The zero-order valence-corrected chi connectivity index (χ0v) is 11.7. The molecule has 18 heavy (non-hydrogen) atoms. The molecule has 2 aromatic rings. The van der Waals surface area contributed by atoms with E-state index in [4.69, 9.17) is 11.6 Å². The Kier molecular flexibility index (Phi) is 4.10. The molecular formula is C9H4BrClN4O2S. The highest BCUT2D eigenvalue weighted by atomic mass is 79.9. The van der Waals surface area contributed by atoms with Crippen LogP contribution < -0.4 is 0 Å². The molecule has 0 aliphatic rings. The van der Waals surface area contributed by atoms with Crippen molar-refractivity contribution in [2.45, 2.75) is 10.1 Å². The summed E-state index contributed by atoms with van der Waals surface area (Å²) in [5, 5.41) is 11.5. The maximum absolute atomic E-state index is 10.8. The minimum Gasteiger partial charge on any atom is -0.258 e. The number of nitrogens with zero attached hydrogens (tertiary/aromatic N) is 4. The molecule has 0 bridgehead atoms. The average Bonchev–Trinajstić information content (AvgIpc) is 2.32. The first-order valence-corrected chi connectivity index (χ1v) is 6.51. The monoisotopic (exact) mass is 346 g/mol. The van der Waals surface area contributed by atoms with Crippen LogP contribution in [0.15, 0.2) is 39.1 Å². The zero-order valence-electron chi connectivity index (χ0n) is 8.58. The van der Waals surface area contributed by atoms with Gasteiger partial charge in [0, 0.05) is 10.7 Å². The average molecular weight is 348 g/mol. The van der Waals surface area contributed by atoms with Crippen LogP contribution in [0.25, 0.3) is 0 Å². The fourth-order valence-electron chi connectivity index (χ4n) is 1.06. The molecule has 0 aliphatic carbocycles. The number of rotatable bonds is 3. The highest BCUT2D eigenvalue weighted by molar-refractivity contribution is 9.10. The van der Waals surface area contributed by atoms with E-state index in [0.29, 0.717) is 5.03 Å². The minimum absolute atomic E-state index is 0.0415. The van der Waals surface area contributed by atoms with Crippen LogP contribution in [0.1, 0.15) is 0 Å². The van der Waals surface area contributed by atoms with E-state index in [9.17, 15) is 10.1 Å². The summed E-state index contributed by atoms with van der Waals surface area (Å²) in [6.07, 6.45) is 2.67. The van der Waals surface area contributed by atoms with Crippen LogP contribution in [0.2, 0.25) is 5.28 Å². The molecule has 0 atom stereocenters. The number of hydrogen-bond donors (Lipinski definition) is 0. The third-order valence-electron chi connectivity index (χ3n) is 1.80. The van der Waals surface area contributed by atoms with Crippen molar-refractivity contribution in [2.24, 2.45) is 0 Å². The molecule has 0 saturated carbocycles. The van der Waals surface area contributed by atoms with Gasteiger partial charge in [-0.25, -0.2) is 15.0 Å². The lowest BCUT2D eigenvalue weighted by Crippen LogP contribution is -1.96. The van der Waals surface area contributed by atoms with Crippen molar-refractivity contribution in [3.63, 3.8) is 0 Å². The topological polar surface area (TPSA) is 81.8 Å². The van der Waals surface area contributed by atoms with E-state index in [-0.39, 0.29) is 16.0 Å². The molecule has 0 fully saturated rings. The molecule has 0 N–H and O–H groups in total. The van der Waals surface area contributed by atoms with Gasteiger partial charge in [-0.1, -0.05) is 0 Å². The van der Waals surface area contributed by atoms with Gasteiger partial charge in [-0.15, -0.1) is 0 Å². The number of halogens is 2. The summed E-state index contributed by atoms with van der Waals surface area (Å²) in [5.74, 6) is 0. The van der Waals surface area contributed by atoms with Crippen LogP contribution in [0.5, 0.6) is 0 Å². The van der Waals surface area contributed by atoms with Crippen molar-refractivity contribution in [2.75, 3.05) is 0 Å². The van der Waals surface area contributed by atoms with E-state index in [1.54, 1.807) is 18.3 Å². The molecule has 0 unspecified atom stereocenters. The summed E-state index contributed by atoms with van der Waals surface area (Å²) in [6.45, 7) is 0. The Morgan fingerprint density at radius 2 is 2.11 bits per heavy atom. The maximum Gasteiger partial charge on any atom is 0.320 e. The molecule has 0 aromatic carbocycles. The van der Waals surface area contributed by atoms with Gasteiger partial charge in [-0.2, -0.15) is 0 Å². The smallest absolute Gasteiger partial charge is 0.258 e. The Morgan fingerprint density at radius 1 is 1.33 bits per heavy atom. The third kappa shape index (κ3) is 3.15. The van der Waals surface area contributed by atoms with E-state index >= 15 is 0 Å². The van der Waals surface area contributed by atoms with Gasteiger partial charge >= 0.3 is 5.69 Å². The van der Waals surface area contributed by atoms with E-state index in [2.05, 4.69) is 30.9 Å². The molecule has 2 rings (SSSR count). The second-order valence-electron chi connectivity index (χ2n) is 3.00. The molecule has 2 aromatic heterocycles. The van der Waals surface area contributed by atoms with Gasteiger partial charge < -0.3 is 0 Å². The molecule has 0 radical (unpaired) electrons. The molecule has 9 heteroatoms. The predicted molar refractivity (Wildman–Crippen MR) is 69.8 cm³/mol. The van der Waals surface area contributed by atoms with Crippen molar-refractivity contribution in [1.82, 2.24) is 15.0 Å². The fraction of sp³-hybridized carbons (Fsp3) is 0. The van der Waals surface area contributed by atoms with Crippen LogP contribution in [0.3, 0.4) is 0 Å². The highest BCUT2D eigenvalue weighted by Crippen LogP contribution is 2.32. The van der Waals surface area contributed by atoms with E-state index < -0.39 is 4.92 Å². The van der Waals surface area contributed by atoms with Gasteiger partial charge in [-0.05, 0) is 51.4 Å². The van der Waals surface area contributed by atoms with Crippen LogP contribution in [-0.4, -0.2) is 19.9 Å². The summed E-state index contributed by atoms with van der Waals surface area (Å²) in [7, 11) is 0. The molecule has 2 heterocycles. The lowest BCUT2D eigenvalue weighted by Gasteiger charge is -2.01. The predicted octanol–water partition coefficient (Wildman–Crippen LogP) is 3.35. The Hall–Kier alpha value is -1.25. The van der Waals surface area contributed by atoms with Crippen LogP contribution >= 0.6 is 39.3 Å². The number of nitro groups is 1. The first-order valence-electron chi connectivity index (χ1n) is 4.52. The van der Waals surface area contributed by atoms with E-state index in [1.807, 2.05) is 0 Å². The fourth-order valence-corrected chi connectivity index (χ4v) is 2.28. The Morgan fingerprint density at radius 3 is 2.72 bits per heavy atom. The number of aromatic nitrogens is 3. The van der Waals surface area contributed by atoms with Crippen molar-refractivity contribution in [1.29, 1.82) is 0 Å². The van der Waals surface area contributed by atoms with Gasteiger partial charge in [0.15, 0.2) is 5.03 Å². The third-order valence-corrected chi connectivity index (χ3v) is 3.40. The zero-order chi connectivity index (χ0) is 13.1. The van der Waals surface area contributed by atoms with E-state index in [0.717, 1.165) is 22.4 Å². The quantitative estimate of drug-likeness (QED) is 0.366.